The van der Waals surface area contributed by atoms with E-state index in [0.717, 1.165) is 84.5 Å². The first-order chi connectivity index (χ1) is 19.2. The first-order valence-corrected chi connectivity index (χ1v) is 14.3. The number of nitrogens with two attached hydrogens (primary N) is 1. The van der Waals surface area contributed by atoms with E-state index in [0.29, 0.717) is 22.4 Å². The van der Waals surface area contributed by atoms with Crippen LogP contribution in [0.25, 0.3) is 32.5 Å². The van der Waals surface area contributed by atoms with Crippen molar-refractivity contribution in [3.63, 3.8) is 0 Å². The maximum atomic E-state index is 13.2. The molecule has 9 nitrogen and oxygen atoms in total. The van der Waals surface area contributed by atoms with Crippen molar-refractivity contribution in [1.82, 2.24) is 29.6 Å². The van der Waals surface area contributed by atoms with E-state index < -0.39 is 0 Å². The minimum absolute atomic E-state index is 0.0852. The third-order valence-electron chi connectivity index (χ3n) is 8.00. The van der Waals surface area contributed by atoms with Crippen molar-refractivity contribution in [3.8, 4) is 11.3 Å². The summed E-state index contributed by atoms with van der Waals surface area (Å²) in [6, 6.07) is 16.2. The first kappa shape index (κ1) is 24.3. The van der Waals surface area contributed by atoms with Crippen LogP contribution in [0.1, 0.15) is 47.1 Å². The minimum Gasteiger partial charge on any atom is -0.383 e. The number of carbonyl (C=O) groups excluding carboxylic acids is 1. The standard InChI is InChI=1S/C29H29N7O2S/c30-27-24-25(18-5-7-19(8-6-18)26(37)29-33-22-3-1-2-4-23(22)39-29)34-36(28(24)32-17-31-27)21-11-9-20(10-12-21)35-13-15-38-16-14-35/h1-8,17,20-21H,9-16H2,(H2,30,31,32). The van der Waals surface area contributed by atoms with Crippen LogP contribution in [0, 0.1) is 0 Å². The van der Waals surface area contributed by atoms with Crippen molar-refractivity contribution in [3.05, 3.63) is 65.4 Å². The van der Waals surface area contributed by atoms with E-state index in [9.17, 15) is 4.79 Å². The maximum absolute atomic E-state index is 13.2. The number of fused-ring (bicyclic) bond motifs is 2. The predicted octanol–water partition coefficient (Wildman–Crippen LogP) is 4.73. The number of nitrogens with zero attached hydrogens (tertiary/aromatic N) is 6. The zero-order valence-corrected chi connectivity index (χ0v) is 22.3. The van der Waals surface area contributed by atoms with Gasteiger partial charge in [0.1, 0.15) is 17.8 Å². The highest BCUT2D eigenvalue weighted by molar-refractivity contribution is 7.20. The summed E-state index contributed by atoms with van der Waals surface area (Å²) in [5, 5.41) is 6.30. The van der Waals surface area contributed by atoms with Gasteiger partial charge in [-0.1, -0.05) is 36.4 Å². The minimum atomic E-state index is -0.0852. The average molecular weight is 540 g/mol. The molecule has 7 rings (SSSR count). The molecule has 198 valence electrons. The van der Waals surface area contributed by atoms with Gasteiger partial charge in [0.15, 0.2) is 10.7 Å². The van der Waals surface area contributed by atoms with Crippen LogP contribution in [-0.4, -0.2) is 67.8 Å². The van der Waals surface area contributed by atoms with Gasteiger partial charge < -0.3 is 10.5 Å². The zero-order chi connectivity index (χ0) is 26.3. The van der Waals surface area contributed by atoms with Crippen LogP contribution in [0.4, 0.5) is 5.82 Å². The number of benzene rings is 2. The van der Waals surface area contributed by atoms with E-state index in [4.69, 9.17) is 15.6 Å². The van der Waals surface area contributed by atoms with Crippen molar-refractivity contribution >= 4 is 44.2 Å². The highest BCUT2D eigenvalue weighted by atomic mass is 32.1. The monoisotopic (exact) mass is 539 g/mol. The lowest BCUT2D eigenvalue weighted by Gasteiger charge is -2.38. The Morgan fingerprint density at radius 3 is 2.46 bits per heavy atom. The molecule has 2 N–H and O–H groups in total. The van der Waals surface area contributed by atoms with Crippen molar-refractivity contribution in [2.45, 2.75) is 37.8 Å². The molecule has 10 heteroatoms. The van der Waals surface area contributed by atoms with Gasteiger partial charge >= 0.3 is 0 Å². The molecule has 39 heavy (non-hydrogen) atoms. The van der Waals surface area contributed by atoms with Crippen LogP contribution >= 0.6 is 11.3 Å². The Balaban J connectivity index is 1.16. The van der Waals surface area contributed by atoms with Crippen molar-refractivity contribution in [2.24, 2.45) is 0 Å². The lowest BCUT2D eigenvalue weighted by molar-refractivity contribution is 0.00520. The molecule has 0 spiro atoms. The highest BCUT2D eigenvalue weighted by Crippen LogP contribution is 2.37. The van der Waals surface area contributed by atoms with E-state index in [2.05, 4.69) is 24.5 Å². The molecule has 2 aliphatic rings. The molecule has 0 bridgehead atoms. The lowest BCUT2D eigenvalue weighted by Crippen LogP contribution is -2.45. The summed E-state index contributed by atoms with van der Waals surface area (Å²) in [7, 11) is 0. The largest absolute Gasteiger partial charge is 0.383 e. The van der Waals surface area contributed by atoms with Crippen LogP contribution < -0.4 is 5.73 Å². The van der Waals surface area contributed by atoms with Crippen LogP contribution in [-0.2, 0) is 4.74 Å². The summed E-state index contributed by atoms with van der Waals surface area (Å²) in [6.07, 6.45) is 5.85. The van der Waals surface area contributed by atoms with Gasteiger partial charge in [-0.15, -0.1) is 11.3 Å². The second-order valence-electron chi connectivity index (χ2n) is 10.3. The Hall–Kier alpha value is -3.73. The third-order valence-corrected chi connectivity index (χ3v) is 9.04. The fraction of sp³-hybridized carbons (Fsp3) is 0.345. The van der Waals surface area contributed by atoms with Gasteiger partial charge in [0.05, 0.1) is 34.9 Å². The molecule has 0 unspecified atom stereocenters. The Labute approximate surface area is 229 Å². The number of aromatic nitrogens is 5. The molecule has 1 aliphatic carbocycles. The maximum Gasteiger partial charge on any atom is 0.221 e. The number of ether oxygens (including phenoxy) is 1. The number of hydrogen-bond acceptors (Lipinski definition) is 9. The molecule has 1 saturated heterocycles. The van der Waals surface area contributed by atoms with Crippen molar-refractivity contribution < 1.29 is 9.53 Å². The van der Waals surface area contributed by atoms with Gasteiger partial charge in [-0.05, 0) is 37.8 Å². The Bertz CT molecular complexity index is 1610. The van der Waals surface area contributed by atoms with Crippen molar-refractivity contribution in [1.29, 1.82) is 0 Å². The van der Waals surface area contributed by atoms with Gasteiger partial charge in [0, 0.05) is 30.3 Å². The molecule has 4 heterocycles. The number of morpholine rings is 1. The highest BCUT2D eigenvalue weighted by Gasteiger charge is 2.30. The summed E-state index contributed by atoms with van der Waals surface area (Å²) >= 11 is 1.41. The average Bonchev–Trinajstić information content (AvgIpc) is 3.61. The molecular weight excluding hydrogens is 510 g/mol. The Kier molecular flexibility index (Phi) is 6.30. The van der Waals surface area contributed by atoms with Crippen LogP contribution in [0.2, 0.25) is 0 Å². The number of carbonyl (C=O) groups is 1. The number of para-hydroxylation sites is 1. The number of hydrogen-bond donors (Lipinski definition) is 1. The van der Waals surface area contributed by atoms with Gasteiger partial charge in [-0.3, -0.25) is 9.69 Å². The molecule has 1 saturated carbocycles. The number of thiazole rings is 1. The molecular formula is C29H29N7O2S. The fourth-order valence-electron chi connectivity index (χ4n) is 5.93. The van der Waals surface area contributed by atoms with Gasteiger partial charge in [-0.25, -0.2) is 19.6 Å². The lowest BCUT2D eigenvalue weighted by atomic mass is 9.90. The molecule has 2 fully saturated rings. The van der Waals surface area contributed by atoms with Crippen LogP contribution in [0.15, 0.2) is 54.9 Å². The Morgan fingerprint density at radius 2 is 1.69 bits per heavy atom. The summed E-state index contributed by atoms with van der Waals surface area (Å²) in [5.74, 6) is 0.330. The zero-order valence-electron chi connectivity index (χ0n) is 21.5. The van der Waals surface area contributed by atoms with Crippen LogP contribution in [0.5, 0.6) is 0 Å². The number of ketones is 1. The Morgan fingerprint density at radius 1 is 0.949 bits per heavy atom. The summed E-state index contributed by atoms with van der Waals surface area (Å²) < 4.78 is 8.60. The van der Waals surface area contributed by atoms with Gasteiger partial charge in [0.2, 0.25) is 5.78 Å². The topological polar surface area (TPSA) is 112 Å². The van der Waals surface area contributed by atoms with Gasteiger partial charge in [-0.2, -0.15) is 5.10 Å². The van der Waals surface area contributed by atoms with E-state index in [1.54, 1.807) is 0 Å². The van der Waals surface area contributed by atoms with E-state index in [1.165, 1.54) is 17.7 Å². The SMILES string of the molecule is Nc1ncnc2c1c(-c1ccc(C(=O)c3nc4ccccc4s3)cc1)nn2C1CCC(N2CCOCC2)CC1. The number of nitrogen functional groups attached to an aromatic ring is 1. The second-order valence-corrected chi connectivity index (χ2v) is 11.3. The predicted molar refractivity (Wildman–Crippen MR) is 152 cm³/mol. The molecule has 2 aromatic carbocycles. The smallest absolute Gasteiger partial charge is 0.221 e. The number of anilines is 1. The van der Waals surface area contributed by atoms with Gasteiger partial charge in [0.25, 0.3) is 0 Å². The molecule has 0 atom stereocenters. The summed E-state index contributed by atoms with van der Waals surface area (Å²) in [5.41, 5.74) is 10.2. The number of rotatable bonds is 5. The molecule has 1 aliphatic heterocycles. The quantitative estimate of drug-likeness (QED) is 0.319. The summed E-state index contributed by atoms with van der Waals surface area (Å²) in [6.45, 7) is 3.69. The third kappa shape index (κ3) is 4.48. The fourth-order valence-corrected chi connectivity index (χ4v) is 6.86. The van der Waals surface area contributed by atoms with E-state index >= 15 is 0 Å². The van der Waals surface area contributed by atoms with E-state index in [-0.39, 0.29) is 11.8 Å². The second kappa shape index (κ2) is 10.1. The first-order valence-electron chi connectivity index (χ1n) is 13.5. The van der Waals surface area contributed by atoms with Crippen molar-refractivity contribution in [2.75, 3.05) is 32.0 Å². The molecule has 0 amide bonds. The molecule has 0 radical (unpaired) electrons. The normalized spacial score (nSPS) is 20.5. The molecule has 5 aromatic rings. The van der Waals surface area contributed by atoms with Crippen LogP contribution in [0.3, 0.4) is 0 Å². The molecule has 3 aromatic heterocycles. The van der Waals surface area contributed by atoms with E-state index in [1.807, 2.05) is 48.5 Å². The summed E-state index contributed by atoms with van der Waals surface area (Å²) in [4.78, 5) is 29.1.